The van der Waals surface area contributed by atoms with Crippen molar-refractivity contribution in [3.05, 3.63) is 30.6 Å². The third-order valence-electron chi connectivity index (χ3n) is 11.1. The maximum absolute atomic E-state index is 10.4. The van der Waals surface area contributed by atoms with Crippen molar-refractivity contribution < 1.29 is 0 Å². The summed E-state index contributed by atoms with van der Waals surface area (Å²) in [5, 5.41) is 24.0. The van der Waals surface area contributed by atoms with Crippen molar-refractivity contribution in [2.24, 2.45) is 51.8 Å². The largest absolute Gasteiger partial charge is 0.270 e. The molecule has 4 saturated carbocycles. The molecule has 176 valence electrons. The molecule has 0 radical (unpaired) electrons. The van der Waals surface area contributed by atoms with E-state index < -0.39 is 5.41 Å². The fourth-order valence-electron chi connectivity index (χ4n) is 9.70. The molecule has 4 fully saturated rings. The van der Waals surface area contributed by atoms with E-state index in [1.807, 2.05) is 4.68 Å². The summed E-state index contributed by atoms with van der Waals surface area (Å²) in [4.78, 5) is 0. The topological polar surface area (TPSA) is 65.4 Å². The van der Waals surface area contributed by atoms with Gasteiger partial charge in [0.15, 0.2) is 0 Å². The van der Waals surface area contributed by atoms with E-state index in [1.54, 1.807) is 12.4 Å². The minimum absolute atomic E-state index is 0.229. The summed E-state index contributed by atoms with van der Waals surface area (Å²) in [6, 6.07) is 4.90. The summed E-state index contributed by atoms with van der Waals surface area (Å²) >= 11 is 0. The van der Waals surface area contributed by atoms with Crippen molar-refractivity contribution >= 4 is 0 Å². The van der Waals surface area contributed by atoms with Crippen LogP contribution in [0.15, 0.2) is 25.0 Å². The van der Waals surface area contributed by atoms with Crippen molar-refractivity contribution in [3.8, 4) is 12.1 Å². The Balaban J connectivity index is 1.40. The third-order valence-corrected chi connectivity index (χ3v) is 11.1. The number of hydrogen-bond acceptors (Lipinski definition) is 3. The van der Waals surface area contributed by atoms with Gasteiger partial charge in [-0.15, -0.1) is 6.58 Å². The predicted octanol–water partition coefficient (Wildman–Crippen LogP) is 6.75. The Hall–Kier alpha value is -2.07. The molecule has 1 aromatic heterocycles. The SMILES string of the molecule is C=C[C@]12CC[C@@H]3C(CC[C@@]4(C)C3CC[C@@H]4[C@](C)(C#N)Cn3cc(C#N)cn3)[C@H]1CC[C@H](C)C2. The zero-order valence-electron chi connectivity index (χ0n) is 20.8. The monoisotopic (exact) mass is 444 g/mol. The van der Waals surface area contributed by atoms with E-state index in [4.69, 9.17) is 0 Å². The summed E-state index contributed by atoms with van der Waals surface area (Å²) in [6.07, 6.45) is 17.5. The lowest BCUT2D eigenvalue weighted by Gasteiger charge is -2.60. The van der Waals surface area contributed by atoms with Crippen LogP contribution in [0.5, 0.6) is 0 Å². The van der Waals surface area contributed by atoms with E-state index in [2.05, 4.69) is 50.7 Å². The van der Waals surface area contributed by atoms with E-state index in [0.717, 1.165) is 36.0 Å². The minimum Gasteiger partial charge on any atom is -0.270 e. The highest BCUT2D eigenvalue weighted by Crippen LogP contribution is 2.69. The molecule has 4 aliphatic rings. The van der Waals surface area contributed by atoms with Crippen LogP contribution in [0.4, 0.5) is 0 Å². The number of nitriles is 2. The Kier molecular flexibility index (Phi) is 5.51. The van der Waals surface area contributed by atoms with Crippen molar-refractivity contribution in [2.75, 3.05) is 0 Å². The highest BCUT2D eigenvalue weighted by Gasteiger charge is 2.62. The molecule has 5 rings (SSSR count). The highest BCUT2D eigenvalue weighted by molar-refractivity contribution is 5.22. The van der Waals surface area contributed by atoms with Gasteiger partial charge in [0.2, 0.25) is 0 Å². The maximum Gasteiger partial charge on any atom is 0.102 e. The molecule has 0 spiro atoms. The lowest BCUT2D eigenvalue weighted by atomic mass is 9.44. The Morgan fingerprint density at radius 1 is 1.15 bits per heavy atom. The fourth-order valence-corrected chi connectivity index (χ4v) is 9.70. The first kappa shape index (κ1) is 22.7. The second-order valence-corrected chi connectivity index (χ2v) is 12.6. The van der Waals surface area contributed by atoms with Gasteiger partial charge in [-0.2, -0.15) is 15.6 Å². The molecule has 0 amide bonds. The molecule has 0 saturated heterocycles. The summed E-state index contributed by atoms with van der Waals surface area (Å²) < 4.78 is 1.83. The van der Waals surface area contributed by atoms with Crippen LogP contribution in [0.1, 0.15) is 84.1 Å². The van der Waals surface area contributed by atoms with Crippen LogP contribution >= 0.6 is 0 Å². The van der Waals surface area contributed by atoms with Gasteiger partial charge < -0.3 is 0 Å². The standard InChI is InChI=1S/C29H40N4/c1-5-29-13-11-22-23(25(29)7-6-20(2)14-29)10-12-28(4)24(22)8-9-26(28)27(3,18-31)19-33-17-21(15-30)16-32-33/h5,16-17,20,22-26H,1,6-14,19H2,2-4H3/t20-,22+,23?,24?,25+,26+,27+,28-,29+/m0/s1. The molecule has 0 bridgehead atoms. The molecule has 1 aromatic rings. The van der Waals surface area contributed by atoms with Crippen LogP contribution < -0.4 is 0 Å². The molecule has 4 heteroatoms. The lowest BCUT2D eigenvalue weighted by molar-refractivity contribution is -0.100. The Morgan fingerprint density at radius 2 is 1.88 bits per heavy atom. The van der Waals surface area contributed by atoms with Gasteiger partial charge in [0.25, 0.3) is 0 Å². The van der Waals surface area contributed by atoms with Crippen molar-refractivity contribution in [1.82, 2.24) is 9.78 Å². The molecule has 0 aliphatic heterocycles. The van der Waals surface area contributed by atoms with Crippen LogP contribution in [0.2, 0.25) is 0 Å². The zero-order chi connectivity index (χ0) is 23.4. The molecule has 4 nitrogen and oxygen atoms in total. The van der Waals surface area contributed by atoms with Crippen LogP contribution in [0.3, 0.4) is 0 Å². The number of aromatic nitrogens is 2. The number of rotatable bonds is 4. The van der Waals surface area contributed by atoms with E-state index in [0.29, 0.717) is 23.4 Å². The molecule has 4 aliphatic carbocycles. The first-order valence-corrected chi connectivity index (χ1v) is 13.3. The van der Waals surface area contributed by atoms with Gasteiger partial charge in [-0.3, -0.25) is 4.68 Å². The van der Waals surface area contributed by atoms with E-state index in [9.17, 15) is 10.5 Å². The van der Waals surface area contributed by atoms with Gasteiger partial charge in [-0.1, -0.05) is 26.3 Å². The molecule has 33 heavy (non-hydrogen) atoms. The second-order valence-electron chi connectivity index (χ2n) is 12.6. The number of nitrogens with zero attached hydrogens (tertiary/aromatic N) is 4. The summed E-state index contributed by atoms with van der Waals surface area (Å²) in [6.45, 7) is 12.0. The Morgan fingerprint density at radius 3 is 2.58 bits per heavy atom. The molecule has 1 heterocycles. The Labute approximate surface area is 200 Å². The maximum atomic E-state index is 10.4. The normalized spacial score (nSPS) is 43.8. The first-order chi connectivity index (χ1) is 15.8. The van der Waals surface area contributed by atoms with Crippen LogP contribution in [-0.2, 0) is 6.54 Å². The lowest BCUT2D eigenvalue weighted by Crippen LogP contribution is -2.53. The van der Waals surface area contributed by atoms with Gasteiger partial charge in [-0.05, 0) is 105 Å². The number of hydrogen-bond donors (Lipinski definition) is 0. The smallest absolute Gasteiger partial charge is 0.102 e. The first-order valence-electron chi connectivity index (χ1n) is 13.3. The molecular formula is C29H40N4. The minimum atomic E-state index is -0.463. The summed E-state index contributed by atoms with van der Waals surface area (Å²) in [7, 11) is 0. The molecule has 2 unspecified atom stereocenters. The van der Waals surface area contributed by atoms with Crippen molar-refractivity contribution in [3.63, 3.8) is 0 Å². The quantitative estimate of drug-likeness (QED) is 0.483. The summed E-state index contributed by atoms with van der Waals surface area (Å²) in [5.74, 6) is 4.44. The highest BCUT2D eigenvalue weighted by atomic mass is 15.3. The second kappa shape index (κ2) is 8.01. The van der Waals surface area contributed by atoms with Crippen LogP contribution in [0.25, 0.3) is 0 Å². The van der Waals surface area contributed by atoms with Gasteiger partial charge in [0, 0.05) is 6.20 Å². The average molecular weight is 445 g/mol. The zero-order valence-corrected chi connectivity index (χ0v) is 20.8. The van der Waals surface area contributed by atoms with Gasteiger partial charge in [-0.25, -0.2) is 0 Å². The molecule has 0 aromatic carbocycles. The van der Waals surface area contributed by atoms with Gasteiger partial charge in [0.05, 0.1) is 29.8 Å². The third kappa shape index (κ3) is 3.39. The fraction of sp³-hybridized carbons (Fsp3) is 0.759. The van der Waals surface area contributed by atoms with E-state index in [-0.39, 0.29) is 5.41 Å². The predicted molar refractivity (Wildman–Crippen MR) is 130 cm³/mol. The molecule has 0 N–H and O–H groups in total. The van der Waals surface area contributed by atoms with E-state index >= 15 is 0 Å². The van der Waals surface area contributed by atoms with Crippen LogP contribution in [0, 0.1) is 74.4 Å². The number of allylic oxidation sites excluding steroid dienone is 1. The summed E-state index contributed by atoms with van der Waals surface area (Å²) in [5.41, 5.74) is 0.715. The van der Waals surface area contributed by atoms with E-state index in [1.165, 1.54) is 51.4 Å². The van der Waals surface area contributed by atoms with Crippen molar-refractivity contribution in [2.45, 2.75) is 85.1 Å². The van der Waals surface area contributed by atoms with Gasteiger partial charge in [0.1, 0.15) is 6.07 Å². The molecular weight excluding hydrogens is 404 g/mol. The number of fused-ring (bicyclic) bond motifs is 5. The van der Waals surface area contributed by atoms with Crippen molar-refractivity contribution in [1.29, 1.82) is 10.5 Å². The van der Waals surface area contributed by atoms with Crippen LogP contribution in [-0.4, -0.2) is 9.78 Å². The Bertz CT molecular complexity index is 996. The van der Waals surface area contributed by atoms with Gasteiger partial charge >= 0.3 is 0 Å². The average Bonchev–Trinajstić information content (AvgIpc) is 3.42. The molecule has 9 atom stereocenters.